The Labute approximate surface area is 311 Å². The van der Waals surface area contributed by atoms with Crippen molar-refractivity contribution >= 4 is 23.6 Å². The Morgan fingerprint density at radius 3 is 2.69 bits per heavy atom. The first-order chi connectivity index (χ1) is 25.9. The molecule has 0 unspecified atom stereocenters. The SMILES string of the molecule is COCCn1cncc1CNC(=O)c1cc2cc(c1)C(=O)N(C)CC(=O)N[C@@H]1CN(C(=O)Cc3ccc(C)c(F)c3)CC[C@@H]1OCc1cc(F)cc(c1)O2. The summed E-state index contributed by atoms with van der Waals surface area (Å²) in [4.78, 5) is 60.9. The first-order valence-corrected chi connectivity index (χ1v) is 17.5. The van der Waals surface area contributed by atoms with Gasteiger partial charge in [-0.25, -0.2) is 13.8 Å². The molecule has 2 atom stereocenters. The Bertz CT molecular complexity index is 2040. The van der Waals surface area contributed by atoms with Crippen LogP contribution < -0.4 is 15.4 Å². The Balaban J connectivity index is 1.23. The number of nitrogens with one attached hydrogen (secondary N) is 2. The normalized spacial score (nSPS) is 17.7. The van der Waals surface area contributed by atoms with Crippen LogP contribution in [0, 0.1) is 18.6 Å². The van der Waals surface area contributed by atoms with E-state index in [2.05, 4.69) is 15.6 Å². The van der Waals surface area contributed by atoms with Crippen molar-refractivity contribution in [2.75, 3.05) is 40.4 Å². The molecule has 6 rings (SSSR count). The number of carbonyl (C=O) groups is 4. The van der Waals surface area contributed by atoms with E-state index in [9.17, 15) is 28.0 Å². The molecule has 13 nitrogen and oxygen atoms in total. The fourth-order valence-electron chi connectivity index (χ4n) is 6.46. The van der Waals surface area contributed by atoms with E-state index in [0.717, 1.165) is 5.69 Å². The molecule has 3 heterocycles. The predicted molar refractivity (Wildman–Crippen MR) is 192 cm³/mol. The second-order valence-corrected chi connectivity index (χ2v) is 13.5. The quantitative estimate of drug-likeness (QED) is 0.278. The van der Waals surface area contributed by atoms with Crippen molar-refractivity contribution in [2.45, 2.75) is 51.6 Å². The lowest BCUT2D eigenvalue weighted by atomic mass is 10.00. The Morgan fingerprint density at radius 1 is 1.07 bits per heavy atom. The topological polar surface area (TPSA) is 144 Å². The number of imidazole rings is 1. The van der Waals surface area contributed by atoms with Crippen LogP contribution in [0.4, 0.5) is 8.78 Å². The lowest BCUT2D eigenvalue weighted by Crippen LogP contribution is -2.58. The number of likely N-dealkylation sites (N-methyl/N-ethyl adjacent to an activating group) is 1. The van der Waals surface area contributed by atoms with E-state index >= 15 is 0 Å². The number of ether oxygens (including phenoxy) is 3. The fourth-order valence-corrected chi connectivity index (χ4v) is 6.46. The minimum absolute atomic E-state index is 0.0229. The van der Waals surface area contributed by atoms with E-state index in [0.29, 0.717) is 42.8 Å². The van der Waals surface area contributed by atoms with Gasteiger partial charge in [0.25, 0.3) is 11.8 Å². The number of hydrogen-bond acceptors (Lipinski definition) is 8. The molecular weight excluding hydrogens is 702 g/mol. The number of nitrogens with zero attached hydrogens (tertiary/aromatic N) is 4. The first-order valence-electron chi connectivity index (χ1n) is 17.5. The molecule has 2 N–H and O–H groups in total. The highest BCUT2D eigenvalue weighted by Crippen LogP contribution is 2.28. The summed E-state index contributed by atoms with van der Waals surface area (Å²) in [6.45, 7) is 2.83. The maximum Gasteiger partial charge on any atom is 0.254 e. The van der Waals surface area contributed by atoms with Crippen molar-refractivity contribution in [3.05, 3.63) is 112 Å². The first kappa shape index (κ1) is 38.1. The van der Waals surface area contributed by atoms with Crippen LogP contribution in [-0.4, -0.2) is 95.5 Å². The van der Waals surface area contributed by atoms with Crippen molar-refractivity contribution in [3.63, 3.8) is 0 Å². The third-order valence-corrected chi connectivity index (χ3v) is 9.38. The number of likely N-dealkylation sites (tertiary alicyclic amines) is 1. The van der Waals surface area contributed by atoms with Crippen molar-refractivity contribution in [3.8, 4) is 11.5 Å². The molecule has 4 aromatic rings. The summed E-state index contributed by atoms with van der Waals surface area (Å²) in [5.74, 6) is -2.61. The van der Waals surface area contributed by atoms with Gasteiger partial charge in [0.15, 0.2) is 0 Å². The van der Waals surface area contributed by atoms with E-state index in [1.54, 1.807) is 49.7 Å². The van der Waals surface area contributed by atoms with Crippen LogP contribution in [0.5, 0.6) is 11.5 Å². The largest absolute Gasteiger partial charge is 0.457 e. The summed E-state index contributed by atoms with van der Waals surface area (Å²) in [5, 5.41) is 5.77. The highest BCUT2D eigenvalue weighted by molar-refractivity contribution is 6.01. The zero-order chi connectivity index (χ0) is 38.4. The number of methoxy groups -OCH3 is 1. The molecule has 4 bridgehead atoms. The zero-order valence-electron chi connectivity index (χ0n) is 30.3. The summed E-state index contributed by atoms with van der Waals surface area (Å²) in [6.07, 6.45) is 3.05. The number of aromatic nitrogens is 2. The van der Waals surface area contributed by atoms with Crippen LogP contribution in [-0.2, 0) is 45.2 Å². The van der Waals surface area contributed by atoms with Gasteiger partial charge >= 0.3 is 0 Å². The number of benzene rings is 3. The van der Waals surface area contributed by atoms with Crippen LogP contribution >= 0.6 is 0 Å². The number of halogens is 2. The van der Waals surface area contributed by atoms with Gasteiger partial charge in [-0.15, -0.1) is 0 Å². The van der Waals surface area contributed by atoms with Crippen LogP contribution in [0.3, 0.4) is 0 Å². The van der Waals surface area contributed by atoms with E-state index in [1.807, 2.05) is 4.57 Å². The number of rotatable bonds is 8. The number of piperidine rings is 1. The molecule has 54 heavy (non-hydrogen) atoms. The number of amides is 4. The molecule has 2 aliphatic heterocycles. The lowest BCUT2D eigenvalue weighted by molar-refractivity contribution is -0.136. The zero-order valence-corrected chi connectivity index (χ0v) is 30.3. The Morgan fingerprint density at radius 2 is 1.89 bits per heavy atom. The van der Waals surface area contributed by atoms with Crippen LogP contribution in [0.25, 0.3) is 0 Å². The van der Waals surface area contributed by atoms with E-state index in [4.69, 9.17) is 14.2 Å². The van der Waals surface area contributed by atoms with Gasteiger partial charge in [0.05, 0.1) is 56.9 Å². The number of carbonyl (C=O) groups excluding carboxylic acids is 4. The van der Waals surface area contributed by atoms with Crippen molar-refractivity contribution < 1.29 is 42.2 Å². The summed E-state index contributed by atoms with van der Waals surface area (Å²) >= 11 is 0. The van der Waals surface area contributed by atoms with E-state index in [1.165, 1.54) is 48.3 Å². The van der Waals surface area contributed by atoms with Crippen molar-refractivity contribution in [1.82, 2.24) is 30.0 Å². The fraction of sp³-hybridized carbons (Fsp3) is 0.359. The Hall–Kier alpha value is -5.67. The third kappa shape index (κ3) is 9.46. The second-order valence-electron chi connectivity index (χ2n) is 13.5. The minimum atomic E-state index is -0.671. The molecule has 0 spiro atoms. The average molecular weight is 745 g/mol. The highest BCUT2D eigenvalue weighted by atomic mass is 19.1. The number of hydrogen-bond donors (Lipinski definition) is 2. The van der Waals surface area contributed by atoms with Crippen LogP contribution in [0.2, 0.25) is 0 Å². The average Bonchev–Trinajstić information content (AvgIpc) is 3.60. The Kier molecular flexibility index (Phi) is 12.0. The van der Waals surface area contributed by atoms with Gasteiger partial charge in [-0.3, -0.25) is 19.2 Å². The van der Waals surface area contributed by atoms with E-state index in [-0.39, 0.29) is 61.2 Å². The molecular formula is C39H42F2N6O7. The molecule has 3 aromatic carbocycles. The van der Waals surface area contributed by atoms with Gasteiger partial charge in [-0.1, -0.05) is 12.1 Å². The maximum absolute atomic E-state index is 14.9. The highest BCUT2D eigenvalue weighted by Gasteiger charge is 2.34. The van der Waals surface area contributed by atoms with Gasteiger partial charge in [0, 0.05) is 57.2 Å². The number of aryl methyl sites for hydroxylation is 1. The van der Waals surface area contributed by atoms with Crippen molar-refractivity contribution in [2.24, 2.45) is 0 Å². The van der Waals surface area contributed by atoms with Gasteiger partial charge < -0.3 is 39.2 Å². The molecule has 0 radical (unpaired) electrons. The summed E-state index contributed by atoms with van der Waals surface area (Å²) in [7, 11) is 3.04. The molecule has 1 saturated heterocycles. The van der Waals surface area contributed by atoms with Gasteiger partial charge in [0.1, 0.15) is 23.1 Å². The van der Waals surface area contributed by atoms with Crippen molar-refractivity contribution in [1.29, 1.82) is 0 Å². The molecule has 15 heteroatoms. The van der Waals surface area contributed by atoms with Gasteiger partial charge in [-0.05, 0) is 66.4 Å². The molecule has 0 saturated carbocycles. The molecule has 1 fully saturated rings. The number of fused-ring (bicyclic) bond motifs is 5. The monoisotopic (exact) mass is 744 g/mol. The second kappa shape index (κ2) is 17.0. The standard InChI is InChI=1S/C39H42F2N6O7/c1-24-4-5-25(12-33(24)41)13-37(49)46-7-6-35-34(20-46)44-36(48)21-45(2)39(51)28-14-27(38(50)43-19-30-18-42-23-47(30)8-9-52-3)15-32(16-28)54-31-11-26(22-53-35)10-29(40)17-31/h4-5,10-12,14-18,23,34-35H,6-9,13,19-22H2,1-3H3,(H,43,50)(H,44,48)/t34-,35+/m1/s1. The van der Waals surface area contributed by atoms with Gasteiger partial charge in [-0.2, -0.15) is 0 Å². The molecule has 284 valence electrons. The van der Waals surface area contributed by atoms with Crippen LogP contribution in [0.1, 0.15) is 49.5 Å². The molecule has 0 aliphatic carbocycles. The van der Waals surface area contributed by atoms with E-state index < -0.39 is 41.5 Å². The molecule has 1 aromatic heterocycles. The summed E-state index contributed by atoms with van der Waals surface area (Å²) in [5.41, 5.74) is 2.34. The third-order valence-electron chi connectivity index (χ3n) is 9.38. The lowest BCUT2D eigenvalue weighted by Gasteiger charge is -2.39. The molecule has 4 amide bonds. The smallest absolute Gasteiger partial charge is 0.254 e. The maximum atomic E-state index is 14.9. The van der Waals surface area contributed by atoms with Gasteiger partial charge in [0.2, 0.25) is 11.8 Å². The predicted octanol–water partition coefficient (Wildman–Crippen LogP) is 3.77. The molecule has 2 aliphatic rings. The van der Waals surface area contributed by atoms with Crippen LogP contribution in [0.15, 0.2) is 67.1 Å². The summed E-state index contributed by atoms with van der Waals surface area (Å²) < 4.78 is 48.4. The minimum Gasteiger partial charge on any atom is -0.457 e. The summed E-state index contributed by atoms with van der Waals surface area (Å²) in [6, 6.07) is 12.3.